The van der Waals surface area contributed by atoms with Gasteiger partial charge in [0, 0.05) is 0 Å². The van der Waals surface area contributed by atoms with Crippen LogP contribution in [0.25, 0.3) is 0 Å². The predicted octanol–water partition coefficient (Wildman–Crippen LogP) is 2.99. The van der Waals surface area contributed by atoms with Gasteiger partial charge >= 0.3 is 110 Å². The molecular formula is C13H26N3Nb. The maximum atomic E-state index is 5.18. The van der Waals surface area contributed by atoms with Gasteiger partial charge in [0.05, 0.1) is 0 Å². The zero-order valence-corrected chi connectivity index (χ0v) is 14.0. The van der Waals surface area contributed by atoms with Crippen molar-refractivity contribution in [2.45, 2.75) is 23.9 Å². The van der Waals surface area contributed by atoms with Gasteiger partial charge in [-0.05, 0) is 0 Å². The quantitative estimate of drug-likeness (QED) is 0.554. The number of hydrogen-bond acceptors (Lipinski definition) is 1. The van der Waals surface area contributed by atoms with E-state index in [9.17, 15) is 0 Å². The van der Waals surface area contributed by atoms with Crippen molar-refractivity contribution in [2.24, 2.45) is 3.34 Å². The minimum absolute atomic E-state index is 0.537. The molecule has 0 unspecified atom stereocenters. The van der Waals surface area contributed by atoms with Crippen molar-refractivity contribution in [1.82, 2.24) is 6.61 Å². The first-order valence-corrected chi connectivity index (χ1v) is 10.6. The fourth-order valence-corrected chi connectivity index (χ4v) is 11.0. The van der Waals surface area contributed by atoms with Crippen LogP contribution in [-0.2, 0) is 17.5 Å². The maximum absolute atomic E-state index is 5.18. The van der Waals surface area contributed by atoms with Crippen molar-refractivity contribution < 1.29 is 17.5 Å². The van der Waals surface area contributed by atoms with Gasteiger partial charge in [-0.25, -0.2) is 0 Å². The summed E-state index contributed by atoms with van der Waals surface area (Å²) in [7, 11) is 8.78. The second kappa shape index (κ2) is 6.76. The molecule has 1 aliphatic carbocycles. The molecule has 0 aliphatic heterocycles. The van der Waals surface area contributed by atoms with E-state index in [2.05, 4.69) is 66.0 Å². The molecule has 4 heteroatoms. The summed E-state index contributed by atoms with van der Waals surface area (Å²) < 4.78 is 10.5. The SMILES string of the molecule is CCCC[N]=[Nb]([CH]1C=CC=C1)([N](C)C)[N](C)C. The second-order valence-corrected chi connectivity index (χ2v) is 13.9. The summed E-state index contributed by atoms with van der Waals surface area (Å²) in [5.41, 5.74) is 0. The summed E-state index contributed by atoms with van der Waals surface area (Å²) in [5.74, 6) is 0. The van der Waals surface area contributed by atoms with E-state index in [1.54, 1.807) is 0 Å². The number of rotatable bonds is 6. The molecule has 0 aromatic rings. The molecule has 98 valence electrons. The third-order valence-electron chi connectivity index (χ3n) is 3.12. The van der Waals surface area contributed by atoms with Gasteiger partial charge < -0.3 is 0 Å². The molecule has 0 aromatic carbocycles. The molecule has 0 atom stereocenters. The van der Waals surface area contributed by atoms with Gasteiger partial charge in [0.1, 0.15) is 0 Å². The molecule has 0 spiro atoms. The Balaban J connectivity index is 3.08. The average molecular weight is 317 g/mol. The normalized spacial score (nSPS) is 16.4. The van der Waals surface area contributed by atoms with Gasteiger partial charge in [-0.3, -0.25) is 0 Å². The summed E-state index contributed by atoms with van der Waals surface area (Å²) >= 11 is -2.68. The first-order valence-electron chi connectivity index (χ1n) is 6.34. The molecule has 0 bridgehead atoms. The Labute approximate surface area is 110 Å². The van der Waals surface area contributed by atoms with E-state index < -0.39 is 17.5 Å². The van der Waals surface area contributed by atoms with Crippen molar-refractivity contribution in [3.63, 3.8) is 0 Å². The van der Waals surface area contributed by atoms with Crippen LogP contribution in [0, 0.1) is 0 Å². The van der Waals surface area contributed by atoms with Crippen LogP contribution in [0.15, 0.2) is 27.6 Å². The van der Waals surface area contributed by atoms with Crippen LogP contribution in [0.5, 0.6) is 0 Å². The van der Waals surface area contributed by atoms with Gasteiger partial charge in [0.25, 0.3) is 0 Å². The predicted molar refractivity (Wildman–Crippen MR) is 71.6 cm³/mol. The summed E-state index contributed by atoms with van der Waals surface area (Å²) in [6.07, 6.45) is 11.4. The van der Waals surface area contributed by atoms with Gasteiger partial charge in [-0.1, -0.05) is 0 Å². The van der Waals surface area contributed by atoms with Crippen LogP contribution in [0.3, 0.4) is 0 Å². The van der Waals surface area contributed by atoms with Crippen LogP contribution >= 0.6 is 0 Å². The average Bonchev–Trinajstić information content (AvgIpc) is 2.77. The Morgan fingerprint density at radius 2 is 1.59 bits per heavy atom. The molecule has 1 rings (SSSR count). The van der Waals surface area contributed by atoms with Crippen LogP contribution in [0.1, 0.15) is 19.8 Å². The zero-order chi connectivity index (χ0) is 12.9. The van der Waals surface area contributed by atoms with E-state index >= 15 is 0 Å². The van der Waals surface area contributed by atoms with Crippen LogP contribution < -0.4 is 0 Å². The van der Waals surface area contributed by atoms with Gasteiger partial charge in [0.2, 0.25) is 0 Å². The van der Waals surface area contributed by atoms with Crippen LogP contribution in [0.2, 0.25) is 4.14 Å². The molecule has 0 heterocycles. The van der Waals surface area contributed by atoms with Gasteiger partial charge in [-0.2, -0.15) is 0 Å². The first-order chi connectivity index (χ1) is 8.05. The molecule has 0 radical (unpaired) electrons. The summed E-state index contributed by atoms with van der Waals surface area (Å²) in [6, 6.07) is 0. The second-order valence-electron chi connectivity index (χ2n) is 4.79. The van der Waals surface area contributed by atoms with E-state index in [1.807, 2.05) is 0 Å². The standard InChI is InChI=1S/C5H5.C4H9N.2C2H6N.Nb/c1-2-4-5-3-1;1-2-3-4-5;2*1-3-2;/h1-5H;2-4H2,1H3;2*1-2H3;/q;;2*-1;+2. The fourth-order valence-electron chi connectivity index (χ4n) is 2.27. The van der Waals surface area contributed by atoms with Crippen molar-refractivity contribution >= 4 is 0 Å². The number of unbranched alkanes of at least 4 members (excludes halogenated alkanes) is 1. The Morgan fingerprint density at radius 3 is 2.00 bits per heavy atom. The van der Waals surface area contributed by atoms with Crippen molar-refractivity contribution in [2.75, 3.05) is 34.7 Å². The van der Waals surface area contributed by atoms with Crippen molar-refractivity contribution in [3.8, 4) is 0 Å². The first kappa shape index (κ1) is 15.0. The molecule has 0 amide bonds. The van der Waals surface area contributed by atoms with E-state index in [0.29, 0.717) is 4.14 Å². The summed E-state index contributed by atoms with van der Waals surface area (Å²) in [6.45, 7) is 3.24. The number of allylic oxidation sites excluding steroid dienone is 4. The van der Waals surface area contributed by atoms with E-state index in [4.69, 9.17) is 3.34 Å². The van der Waals surface area contributed by atoms with E-state index in [1.165, 1.54) is 12.8 Å². The Kier molecular flexibility index (Phi) is 5.97. The van der Waals surface area contributed by atoms with Crippen molar-refractivity contribution in [3.05, 3.63) is 24.3 Å². The topological polar surface area (TPSA) is 18.8 Å². The van der Waals surface area contributed by atoms with E-state index in [0.717, 1.165) is 6.54 Å². The molecule has 0 saturated carbocycles. The summed E-state index contributed by atoms with van der Waals surface area (Å²) in [5, 5.41) is 0. The van der Waals surface area contributed by atoms with Gasteiger partial charge in [0.15, 0.2) is 0 Å². The molecular weight excluding hydrogens is 291 g/mol. The molecule has 0 fully saturated rings. The Morgan fingerprint density at radius 1 is 1.06 bits per heavy atom. The molecule has 3 nitrogen and oxygen atoms in total. The molecule has 1 aliphatic rings. The minimum atomic E-state index is -2.68. The monoisotopic (exact) mass is 317 g/mol. The van der Waals surface area contributed by atoms with Gasteiger partial charge in [-0.15, -0.1) is 0 Å². The van der Waals surface area contributed by atoms with E-state index in [-0.39, 0.29) is 0 Å². The number of hydrogen-bond donors (Lipinski definition) is 0. The third kappa shape index (κ3) is 3.24. The van der Waals surface area contributed by atoms with Crippen LogP contribution in [0.4, 0.5) is 0 Å². The van der Waals surface area contributed by atoms with Crippen molar-refractivity contribution in [1.29, 1.82) is 0 Å². The summed E-state index contributed by atoms with van der Waals surface area (Å²) in [4.78, 5) is 0. The zero-order valence-electron chi connectivity index (χ0n) is 11.8. The number of nitrogens with zero attached hydrogens (tertiary/aromatic N) is 3. The molecule has 0 aromatic heterocycles. The molecule has 0 N–H and O–H groups in total. The molecule has 0 saturated heterocycles. The Bertz CT molecular complexity index is 319. The Hall–Kier alpha value is -0.0597. The van der Waals surface area contributed by atoms with Crippen LogP contribution in [-0.4, -0.2) is 41.3 Å². The third-order valence-corrected chi connectivity index (χ3v) is 13.2. The molecule has 17 heavy (non-hydrogen) atoms. The fraction of sp³-hybridized carbons (Fsp3) is 0.692.